The van der Waals surface area contributed by atoms with Crippen LogP contribution in [-0.2, 0) is 22.6 Å². The van der Waals surface area contributed by atoms with E-state index in [1.54, 1.807) is 36.0 Å². The monoisotopic (exact) mass is 281 g/mol. The Bertz CT molecular complexity index is 790. The van der Waals surface area contributed by atoms with Crippen LogP contribution in [0.15, 0.2) is 29.2 Å². The van der Waals surface area contributed by atoms with E-state index in [2.05, 4.69) is 0 Å². The molecule has 1 heterocycles. The van der Waals surface area contributed by atoms with Crippen molar-refractivity contribution in [2.24, 2.45) is 7.05 Å². The lowest BCUT2D eigenvalue weighted by atomic mass is 10.1. The number of aryl methyl sites for hydroxylation is 1. The maximum atomic E-state index is 12.3. The summed E-state index contributed by atoms with van der Waals surface area (Å²) in [5, 5.41) is 0.461. The molecule has 1 aromatic heterocycles. The molecule has 0 fully saturated rings. The average Bonchev–Trinajstić information content (AvgIpc) is 2.33. The average molecular weight is 281 g/mol. The van der Waals surface area contributed by atoms with Crippen LogP contribution in [0.1, 0.15) is 5.56 Å². The first-order chi connectivity index (χ1) is 8.81. The molecule has 0 N–H and O–H groups in total. The summed E-state index contributed by atoms with van der Waals surface area (Å²) < 4.78 is 29.5. The van der Waals surface area contributed by atoms with Gasteiger partial charge in [0.25, 0.3) is 0 Å². The van der Waals surface area contributed by atoms with E-state index in [0.717, 1.165) is 11.8 Å². The SMILES string of the molecule is COc1ccc2c(c1)c(=O)c(CS(C)(=O)=O)cn2C. The van der Waals surface area contributed by atoms with Crippen molar-refractivity contribution in [3.63, 3.8) is 0 Å². The number of rotatable bonds is 3. The fourth-order valence-corrected chi connectivity index (χ4v) is 2.82. The van der Waals surface area contributed by atoms with E-state index >= 15 is 0 Å². The van der Waals surface area contributed by atoms with Gasteiger partial charge in [-0.2, -0.15) is 0 Å². The molecule has 0 unspecified atom stereocenters. The van der Waals surface area contributed by atoms with Gasteiger partial charge in [0.05, 0.1) is 18.4 Å². The van der Waals surface area contributed by atoms with Crippen molar-refractivity contribution in [1.82, 2.24) is 4.57 Å². The Labute approximate surface area is 111 Å². The summed E-state index contributed by atoms with van der Waals surface area (Å²) >= 11 is 0. The zero-order valence-corrected chi connectivity index (χ0v) is 11.8. The van der Waals surface area contributed by atoms with E-state index in [-0.39, 0.29) is 16.7 Å². The van der Waals surface area contributed by atoms with Gasteiger partial charge in [-0.05, 0) is 18.2 Å². The summed E-state index contributed by atoms with van der Waals surface area (Å²) in [6.45, 7) is 0. The van der Waals surface area contributed by atoms with Crippen LogP contribution in [0, 0.1) is 0 Å². The third-order valence-electron chi connectivity index (χ3n) is 2.89. The molecular formula is C13H15NO4S. The summed E-state index contributed by atoms with van der Waals surface area (Å²) in [6.07, 6.45) is 2.68. The van der Waals surface area contributed by atoms with Gasteiger partial charge in [0.1, 0.15) is 5.75 Å². The van der Waals surface area contributed by atoms with Crippen LogP contribution in [0.2, 0.25) is 0 Å². The Morgan fingerprint density at radius 3 is 2.58 bits per heavy atom. The minimum atomic E-state index is -3.25. The highest BCUT2D eigenvalue weighted by Gasteiger charge is 2.13. The number of nitrogens with zero attached hydrogens (tertiary/aromatic N) is 1. The Balaban J connectivity index is 2.76. The molecule has 19 heavy (non-hydrogen) atoms. The molecular weight excluding hydrogens is 266 g/mol. The summed E-state index contributed by atoms with van der Waals surface area (Å²) in [5.41, 5.74) is 0.742. The third-order valence-corrected chi connectivity index (χ3v) is 3.72. The van der Waals surface area contributed by atoms with Crippen LogP contribution in [0.3, 0.4) is 0 Å². The largest absolute Gasteiger partial charge is 0.497 e. The summed E-state index contributed by atoms with van der Waals surface area (Å²) in [5.74, 6) is 0.313. The van der Waals surface area contributed by atoms with Crippen molar-refractivity contribution in [1.29, 1.82) is 0 Å². The van der Waals surface area contributed by atoms with Crippen molar-refractivity contribution in [2.45, 2.75) is 5.75 Å². The normalized spacial score (nSPS) is 11.7. The number of pyridine rings is 1. The standard InChI is InChI=1S/C13H15NO4S/c1-14-7-9(8-19(3,16)17)13(15)11-6-10(18-2)4-5-12(11)14/h4-7H,8H2,1-3H3. The molecule has 0 bridgehead atoms. The fraction of sp³-hybridized carbons (Fsp3) is 0.308. The lowest BCUT2D eigenvalue weighted by Crippen LogP contribution is -2.16. The molecule has 0 aliphatic heterocycles. The second-order valence-electron chi connectivity index (χ2n) is 4.55. The van der Waals surface area contributed by atoms with Gasteiger partial charge in [0, 0.05) is 30.4 Å². The Morgan fingerprint density at radius 2 is 2.00 bits per heavy atom. The molecule has 1 aromatic carbocycles. The zero-order chi connectivity index (χ0) is 14.2. The molecule has 6 heteroatoms. The number of methoxy groups -OCH3 is 1. The highest BCUT2D eigenvalue weighted by atomic mass is 32.2. The maximum absolute atomic E-state index is 12.3. The van der Waals surface area contributed by atoms with Crippen LogP contribution in [0.25, 0.3) is 10.9 Å². The number of ether oxygens (including phenoxy) is 1. The number of sulfone groups is 1. The Morgan fingerprint density at radius 1 is 1.32 bits per heavy atom. The van der Waals surface area contributed by atoms with Gasteiger partial charge in [-0.25, -0.2) is 8.42 Å². The predicted octanol–water partition coefficient (Wildman–Crippen LogP) is 1.09. The molecule has 0 radical (unpaired) electrons. The first kappa shape index (κ1) is 13.6. The number of hydrogen-bond acceptors (Lipinski definition) is 4. The summed E-state index contributed by atoms with van der Waals surface area (Å²) in [7, 11) is 0.0523. The quantitative estimate of drug-likeness (QED) is 0.845. The van der Waals surface area contributed by atoms with E-state index in [0.29, 0.717) is 11.1 Å². The molecule has 0 saturated heterocycles. The number of benzene rings is 1. The van der Waals surface area contributed by atoms with Gasteiger partial charge in [0.15, 0.2) is 15.3 Å². The molecule has 0 amide bonds. The van der Waals surface area contributed by atoms with Crippen molar-refractivity contribution >= 4 is 20.7 Å². The zero-order valence-electron chi connectivity index (χ0n) is 11.0. The van der Waals surface area contributed by atoms with Gasteiger partial charge < -0.3 is 9.30 Å². The topological polar surface area (TPSA) is 65.4 Å². The van der Waals surface area contributed by atoms with E-state index in [1.165, 1.54) is 7.11 Å². The van der Waals surface area contributed by atoms with Gasteiger partial charge >= 0.3 is 0 Å². The van der Waals surface area contributed by atoms with E-state index < -0.39 is 9.84 Å². The minimum absolute atomic E-state index is 0.257. The molecule has 0 atom stereocenters. The highest BCUT2D eigenvalue weighted by molar-refractivity contribution is 7.89. The molecule has 102 valence electrons. The van der Waals surface area contributed by atoms with Crippen LogP contribution < -0.4 is 10.2 Å². The molecule has 0 saturated carbocycles. The lowest BCUT2D eigenvalue weighted by Gasteiger charge is -2.09. The fourth-order valence-electron chi connectivity index (χ4n) is 2.05. The van der Waals surface area contributed by atoms with E-state index in [4.69, 9.17) is 4.74 Å². The van der Waals surface area contributed by atoms with Crippen LogP contribution in [0.4, 0.5) is 0 Å². The van der Waals surface area contributed by atoms with Crippen molar-refractivity contribution in [3.8, 4) is 5.75 Å². The first-order valence-corrected chi connectivity index (χ1v) is 7.72. The lowest BCUT2D eigenvalue weighted by molar-refractivity contribution is 0.415. The van der Waals surface area contributed by atoms with Crippen molar-refractivity contribution < 1.29 is 13.2 Å². The predicted molar refractivity (Wildman–Crippen MR) is 74.3 cm³/mol. The van der Waals surface area contributed by atoms with Crippen LogP contribution in [0.5, 0.6) is 5.75 Å². The molecule has 2 aromatic rings. The van der Waals surface area contributed by atoms with Gasteiger partial charge in [-0.1, -0.05) is 0 Å². The Hall–Kier alpha value is -1.82. The molecule has 0 spiro atoms. The maximum Gasteiger partial charge on any atom is 0.193 e. The number of aromatic nitrogens is 1. The second-order valence-corrected chi connectivity index (χ2v) is 6.69. The van der Waals surface area contributed by atoms with Gasteiger partial charge in [-0.15, -0.1) is 0 Å². The molecule has 2 rings (SSSR count). The van der Waals surface area contributed by atoms with E-state index in [1.807, 2.05) is 0 Å². The van der Waals surface area contributed by atoms with Crippen LogP contribution in [-0.4, -0.2) is 26.4 Å². The van der Waals surface area contributed by atoms with Crippen LogP contribution >= 0.6 is 0 Å². The number of fused-ring (bicyclic) bond motifs is 1. The van der Waals surface area contributed by atoms with E-state index in [9.17, 15) is 13.2 Å². The molecule has 0 aliphatic rings. The van der Waals surface area contributed by atoms with Gasteiger partial charge in [-0.3, -0.25) is 4.79 Å². The number of hydrogen-bond donors (Lipinski definition) is 0. The summed E-state index contributed by atoms with van der Waals surface area (Å²) in [4.78, 5) is 12.3. The second kappa shape index (κ2) is 4.70. The van der Waals surface area contributed by atoms with Gasteiger partial charge in [0.2, 0.25) is 0 Å². The Kier molecular flexibility index (Phi) is 3.36. The minimum Gasteiger partial charge on any atom is -0.497 e. The highest BCUT2D eigenvalue weighted by Crippen LogP contribution is 2.18. The van der Waals surface area contributed by atoms with Crippen molar-refractivity contribution in [3.05, 3.63) is 40.2 Å². The van der Waals surface area contributed by atoms with Crippen molar-refractivity contribution in [2.75, 3.05) is 13.4 Å². The smallest absolute Gasteiger partial charge is 0.193 e. The third kappa shape index (κ3) is 2.78. The first-order valence-electron chi connectivity index (χ1n) is 5.66. The molecule has 0 aliphatic carbocycles. The molecule has 5 nitrogen and oxygen atoms in total. The summed E-state index contributed by atoms with van der Waals surface area (Å²) in [6, 6.07) is 5.17.